The predicted molar refractivity (Wildman–Crippen MR) is 44.3 cm³/mol. The van der Waals surface area contributed by atoms with E-state index in [1.54, 1.807) is 0 Å². The van der Waals surface area contributed by atoms with Gasteiger partial charge in [-0.1, -0.05) is 0 Å². The molecule has 0 aliphatic heterocycles. The number of hydrogen-bond acceptors (Lipinski definition) is 3. The highest BCUT2D eigenvalue weighted by Gasteiger charge is 2.38. The summed E-state index contributed by atoms with van der Waals surface area (Å²) in [6.45, 7) is 2.54. The van der Waals surface area contributed by atoms with E-state index in [0.29, 0.717) is 0 Å². The molecule has 0 aromatic rings. The molecule has 1 unspecified atom stereocenters. The largest absolute Gasteiger partial charge is 0.481 e. The van der Waals surface area contributed by atoms with Crippen LogP contribution in [-0.4, -0.2) is 28.2 Å². The van der Waals surface area contributed by atoms with Crippen molar-refractivity contribution >= 4 is 24.3 Å². The summed E-state index contributed by atoms with van der Waals surface area (Å²) in [4.78, 5) is 20.7. The van der Waals surface area contributed by atoms with E-state index in [9.17, 15) is 9.59 Å². The summed E-state index contributed by atoms with van der Waals surface area (Å²) in [6, 6.07) is -1.38. The zero-order valence-corrected chi connectivity index (χ0v) is 7.59. The van der Waals surface area contributed by atoms with Gasteiger partial charge in [-0.25, -0.2) is 0 Å². The molecule has 0 fully saturated rings. The second-order valence-corrected chi connectivity index (χ2v) is 2.84. The lowest BCUT2D eigenvalue weighted by Gasteiger charge is -2.22. The Hall–Kier alpha value is -0.810. The first kappa shape index (κ1) is 13.8. The summed E-state index contributed by atoms with van der Waals surface area (Å²) >= 11 is 0. The Kier molecular flexibility index (Phi) is 4.90. The third-order valence-corrected chi connectivity index (χ3v) is 1.59. The molecule has 5 nitrogen and oxygen atoms in total. The molecule has 0 radical (unpaired) electrons. The summed E-state index contributed by atoms with van der Waals surface area (Å²) in [7, 11) is 0. The van der Waals surface area contributed by atoms with E-state index in [2.05, 4.69) is 0 Å². The molecule has 0 aromatic heterocycles. The third-order valence-electron chi connectivity index (χ3n) is 1.59. The summed E-state index contributed by atoms with van der Waals surface area (Å²) in [5, 5.41) is 16.9. The molecule has 1 atom stereocenters. The van der Waals surface area contributed by atoms with Crippen molar-refractivity contribution in [2.75, 3.05) is 0 Å². The van der Waals surface area contributed by atoms with E-state index in [4.69, 9.17) is 15.9 Å². The number of hydrogen-bond donors (Lipinski definition) is 3. The van der Waals surface area contributed by atoms with Crippen molar-refractivity contribution in [3.63, 3.8) is 0 Å². The van der Waals surface area contributed by atoms with Gasteiger partial charge in [0.2, 0.25) is 0 Å². The fraction of sp³-hybridized carbons (Fsp3) is 0.667. The molecule has 0 heterocycles. The molecular weight excluding hydrogens is 186 g/mol. The number of aliphatic carboxylic acids is 2. The van der Waals surface area contributed by atoms with E-state index in [-0.39, 0.29) is 12.4 Å². The molecule has 0 bridgehead atoms. The molecule has 6 heteroatoms. The van der Waals surface area contributed by atoms with Crippen LogP contribution in [0.4, 0.5) is 0 Å². The maximum absolute atomic E-state index is 10.4. The molecule has 0 aliphatic carbocycles. The second-order valence-electron chi connectivity index (χ2n) is 2.84. The Morgan fingerprint density at radius 1 is 1.33 bits per heavy atom. The molecular formula is C6H12ClNO4. The van der Waals surface area contributed by atoms with Crippen molar-refractivity contribution in [2.45, 2.75) is 19.9 Å². The van der Waals surface area contributed by atoms with Crippen LogP contribution in [0.2, 0.25) is 0 Å². The first-order valence-corrected chi connectivity index (χ1v) is 3.02. The molecule has 0 saturated heterocycles. The number of nitrogens with two attached hydrogens (primary N) is 1. The van der Waals surface area contributed by atoms with Gasteiger partial charge in [0.1, 0.15) is 6.04 Å². The highest BCUT2D eigenvalue weighted by molar-refractivity contribution is 5.85. The highest BCUT2D eigenvalue weighted by atomic mass is 35.5. The van der Waals surface area contributed by atoms with Gasteiger partial charge in [0, 0.05) is 0 Å². The van der Waals surface area contributed by atoms with Crippen LogP contribution in [0, 0.1) is 5.41 Å². The summed E-state index contributed by atoms with van der Waals surface area (Å²) in [6.07, 6.45) is 0. The molecule has 0 amide bonds. The fourth-order valence-electron chi connectivity index (χ4n) is 0.442. The van der Waals surface area contributed by atoms with Crippen molar-refractivity contribution in [1.82, 2.24) is 0 Å². The van der Waals surface area contributed by atoms with Crippen LogP contribution in [0.3, 0.4) is 0 Å². The number of carboxylic acids is 2. The zero-order chi connectivity index (χ0) is 9.23. The van der Waals surface area contributed by atoms with E-state index in [0.717, 1.165) is 0 Å². The van der Waals surface area contributed by atoms with Crippen LogP contribution in [-0.2, 0) is 9.59 Å². The second kappa shape index (κ2) is 4.27. The van der Waals surface area contributed by atoms with Gasteiger partial charge in [0.15, 0.2) is 0 Å². The molecule has 0 rings (SSSR count). The summed E-state index contributed by atoms with van der Waals surface area (Å²) in [5.41, 5.74) is 3.69. The summed E-state index contributed by atoms with van der Waals surface area (Å²) < 4.78 is 0. The Morgan fingerprint density at radius 2 is 1.67 bits per heavy atom. The van der Waals surface area contributed by atoms with Gasteiger partial charge in [-0.05, 0) is 13.8 Å². The van der Waals surface area contributed by atoms with Crippen molar-refractivity contribution in [3.8, 4) is 0 Å². The van der Waals surface area contributed by atoms with Crippen LogP contribution < -0.4 is 5.73 Å². The van der Waals surface area contributed by atoms with Gasteiger partial charge in [-0.3, -0.25) is 9.59 Å². The van der Waals surface area contributed by atoms with Gasteiger partial charge in [0.25, 0.3) is 0 Å². The number of carbonyl (C=O) groups is 2. The van der Waals surface area contributed by atoms with E-state index in [1.165, 1.54) is 13.8 Å². The average Bonchev–Trinajstić information content (AvgIpc) is 1.85. The lowest BCUT2D eigenvalue weighted by molar-refractivity contribution is -0.155. The SMILES string of the molecule is CC(C)(C(=O)O)C(N)C(=O)O.Cl. The Balaban J connectivity index is 0. The Morgan fingerprint density at radius 3 is 1.75 bits per heavy atom. The highest BCUT2D eigenvalue weighted by Crippen LogP contribution is 2.18. The Bertz CT molecular complexity index is 192. The minimum absolute atomic E-state index is 0. The summed E-state index contributed by atoms with van der Waals surface area (Å²) in [5.74, 6) is -2.52. The predicted octanol–water partition coefficient (Wildman–Crippen LogP) is -0.0691. The minimum Gasteiger partial charge on any atom is -0.481 e. The Labute approximate surface area is 76.0 Å². The molecule has 72 valence electrons. The monoisotopic (exact) mass is 197 g/mol. The third kappa shape index (κ3) is 2.67. The number of carboxylic acid groups (broad SMARTS) is 2. The maximum Gasteiger partial charge on any atom is 0.321 e. The first-order chi connectivity index (χ1) is 4.80. The van der Waals surface area contributed by atoms with E-state index < -0.39 is 23.4 Å². The fourth-order valence-corrected chi connectivity index (χ4v) is 0.442. The molecule has 0 aliphatic rings. The molecule has 0 saturated carbocycles. The zero-order valence-electron chi connectivity index (χ0n) is 6.77. The normalized spacial score (nSPS) is 12.9. The van der Waals surface area contributed by atoms with Gasteiger partial charge in [-0.2, -0.15) is 0 Å². The molecule has 0 spiro atoms. The lowest BCUT2D eigenvalue weighted by Crippen LogP contribution is -2.48. The van der Waals surface area contributed by atoms with Crippen LogP contribution in [0.25, 0.3) is 0 Å². The van der Waals surface area contributed by atoms with Crippen LogP contribution in [0.5, 0.6) is 0 Å². The molecule has 4 N–H and O–H groups in total. The molecule has 12 heavy (non-hydrogen) atoms. The smallest absolute Gasteiger partial charge is 0.321 e. The van der Waals surface area contributed by atoms with E-state index in [1.807, 2.05) is 0 Å². The lowest BCUT2D eigenvalue weighted by atomic mass is 9.85. The van der Waals surface area contributed by atoms with Crippen molar-refractivity contribution in [1.29, 1.82) is 0 Å². The van der Waals surface area contributed by atoms with E-state index >= 15 is 0 Å². The van der Waals surface area contributed by atoms with Crippen LogP contribution in [0.15, 0.2) is 0 Å². The van der Waals surface area contributed by atoms with Crippen molar-refractivity contribution < 1.29 is 19.8 Å². The van der Waals surface area contributed by atoms with Crippen LogP contribution in [0.1, 0.15) is 13.8 Å². The van der Waals surface area contributed by atoms with Gasteiger partial charge >= 0.3 is 11.9 Å². The maximum atomic E-state index is 10.4. The van der Waals surface area contributed by atoms with Crippen molar-refractivity contribution in [2.24, 2.45) is 11.1 Å². The minimum atomic E-state index is -1.42. The number of rotatable bonds is 3. The van der Waals surface area contributed by atoms with Gasteiger partial charge in [-0.15, -0.1) is 12.4 Å². The first-order valence-electron chi connectivity index (χ1n) is 3.02. The average molecular weight is 198 g/mol. The topological polar surface area (TPSA) is 101 Å². The quantitative estimate of drug-likeness (QED) is 0.588. The molecule has 0 aromatic carbocycles. The van der Waals surface area contributed by atoms with Gasteiger partial charge in [0.05, 0.1) is 5.41 Å². The van der Waals surface area contributed by atoms with Crippen molar-refractivity contribution in [3.05, 3.63) is 0 Å². The standard InChI is InChI=1S/C6H11NO4.ClH/c1-6(2,5(10)11)3(7)4(8)9;/h3H,7H2,1-2H3,(H,8,9)(H,10,11);1H. The van der Waals surface area contributed by atoms with Gasteiger partial charge < -0.3 is 15.9 Å². The number of halogens is 1. The van der Waals surface area contributed by atoms with Crippen LogP contribution >= 0.6 is 12.4 Å².